The number of para-hydroxylation sites is 1. The summed E-state index contributed by atoms with van der Waals surface area (Å²) in [5, 5.41) is 9.46. The van der Waals surface area contributed by atoms with E-state index in [0.717, 1.165) is 0 Å². The summed E-state index contributed by atoms with van der Waals surface area (Å²) in [6.45, 7) is 13.3. The van der Waals surface area contributed by atoms with Gasteiger partial charge in [0, 0.05) is 80.4 Å². The summed E-state index contributed by atoms with van der Waals surface area (Å²) >= 11 is 0. The molecule has 21 rings (SSSR count). The lowest BCUT2D eigenvalue weighted by Crippen LogP contribution is -2.32. The maximum Gasteiger partial charge on any atom is 0.221 e. The van der Waals surface area contributed by atoms with E-state index in [-0.39, 0.29) is 0 Å². The van der Waals surface area contributed by atoms with Crippen molar-refractivity contribution in [3.8, 4) is 134 Å². The number of hydrogen-bond acceptors (Lipinski definition) is 0. The molecular formula is C98H78N4+4. The van der Waals surface area contributed by atoms with Gasteiger partial charge < -0.3 is 0 Å². The highest BCUT2D eigenvalue weighted by molar-refractivity contribution is 6.20. The zero-order valence-corrected chi connectivity index (χ0v) is 59.5. The summed E-state index contributed by atoms with van der Waals surface area (Å²) in [6, 6.07) is 104. The van der Waals surface area contributed by atoms with Crippen molar-refractivity contribution in [2.75, 3.05) is 0 Å². The smallest absolute Gasteiger partial charge is 0.200 e. The number of benzene rings is 13. The number of fused-ring (bicyclic) bond motifs is 13. The fraction of sp³-hybridized carbons (Fsp3) is 0.102. The Kier molecular flexibility index (Phi) is 14.8. The van der Waals surface area contributed by atoms with E-state index in [1.54, 1.807) is 0 Å². The first-order valence-electron chi connectivity index (χ1n) is 35.7. The van der Waals surface area contributed by atoms with Crippen LogP contribution in [-0.4, -0.2) is 0 Å². The highest BCUT2D eigenvalue weighted by atomic mass is 15.0. The van der Waals surface area contributed by atoms with Crippen LogP contribution in [0.4, 0.5) is 0 Å². The zero-order chi connectivity index (χ0) is 69.3. The van der Waals surface area contributed by atoms with Crippen LogP contribution in [0.1, 0.15) is 33.4 Å². The molecule has 4 heteroatoms. The molecule has 4 aromatic heterocycles. The third-order valence-electron chi connectivity index (χ3n) is 22.6. The Morgan fingerprint density at radius 2 is 0.618 bits per heavy atom. The minimum atomic E-state index is 1.25. The SMILES string of the molecule is Cc1c(-c2ccc3ccccc3[n+]2C)cc2c3c(cccc13)-c1ccccc1-2.Cc1cc(C)c(C)c(-c2cc3c4c(cccc4[n+]2C)-c2ccccc2-3)c1.Cc1ccccc1-c1c2c3c(cccc3c[n+]1C)-c1ccccc1-2.Cc1ccccc1-c1cc2c3c(cccc3[n+]1C)-c1ccccc1-2. The fourth-order valence-corrected chi connectivity index (χ4v) is 17.5. The molecule has 0 spiro atoms. The van der Waals surface area contributed by atoms with E-state index < -0.39 is 0 Å². The van der Waals surface area contributed by atoms with Gasteiger partial charge in [-0.2, -0.15) is 18.3 Å². The molecule has 17 aromatic rings. The number of aromatic nitrogens is 4. The molecule has 0 N–H and O–H groups in total. The topological polar surface area (TPSA) is 15.5 Å². The predicted molar refractivity (Wildman–Crippen MR) is 426 cm³/mol. The van der Waals surface area contributed by atoms with Crippen molar-refractivity contribution >= 4 is 54.3 Å². The van der Waals surface area contributed by atoms with Gasteiger partial charge in [-0.05, 0) is 195 Å². The van der Waals surface area contributed by atoms with Gasteiger partial charge in [-0.3, -0.25) is 0 Å². The minimum absolute atomic E-state index is 1.25. The monoisotopic (exact) mass is 1310 g/mol. The molecule has 0 amide bonds. The largest absolute Gasteiger partial charge is 0.221 e. The fourth-order valence-electron chi connectivity index (χ4n) is 17.5. The molecule has 0 aliphatic heterocycles. The quantitative estimate of drug-likeness (QED) is 0.156. The summed E-state index contributed by atoms with van der Waals surface area (Å²) < 4.78 is 9.29. The van der Waals surface area contributed by atoms with Crippen molar-refractivity contribution in [3.63, 3.8) is 0 Å². The predicted octanol–water partition coefficient (Wildman–Crippen LogP) is 22.9. The summed E-state index contributed by atoms with van der Waals surface area (Å²) in [5.74, 6) is 0. The third kappa shape index (κ3) is 9.64. The molecule has 4 heterocycles. The molecule has 4 aliphatic rings. The van der Waals surface area contributed by atoms with Crippen molar-refractivity contribution < 1.29 is 18.3 Å². The van der Waals surface area contributed by atoms with E-state index in [1.165, 1.54) is 222 Å². The van der Waals surface area contributed by atoms with Crippen LogP contribution in [0, 0.1) is 41.5 Å². The van der Waals surface area contributed by atoms with Crippen molar-refractivity contribution in [1.82, 2.24) is 0 Å². The summed E-state index contributed by atoms with van der Waals surface area (Å²) in [6.07, 6.45) is 2.26. The number of hydrogen-bond donors (Lipinski definition) is 0. The molecule has 0 radical (unpaired) electrons. The van der Waals surface area contributed by atoms with Crippen LogP contribution in [0.2, 0.25) is 0 Å². The van der Waals surface area contributed by atoms with E-state index in [4.69, 9.17) is 0 Å². The first-order chi connectivity index (χ1) is 49.8. The lowest BCUT2D eigenvalue weighted by Gasteiger charge is -2.12. The van der Waals surface area contributed by atoms with Crippen LogP contribution < -0.4 is 18.3 Å². The molecule has 0 saturated carbocycles. The number of nitrogens with zero attached hydrogens (tertiary/aromatic N) is 4. The number of rotatable bonds is 4. The van der Waals surface area contributed by atoms with Crippen molar-refractivity contribution in [2.45, 2.75) is 41.5 Å². The Balaban J connectivity index is 0.0000000976. The molecule has 486 valence electrons. The van der Waals surface area contributed by atoms with Crippen LogP contribution in [0.25, 0.3) is 188 Å². The standard InChI is InChI=1S/C27H20N.C25H22N.2C23H18N/c1-17-19-11-7-12-22-20-9-4-5-10-21(20)24(27(19)22)16-23(17)26-15-14-18-8-3-6-13-25(18)28(26)2;1-15-12-16(2)17(3)21(13-15)24-14-22-19-9-6-5-8-18(19)20-10-7-11-23(25(20)22)26(24)4;1-15-8-3-4-10-17(15)23-22-20-12-6-5-11-18(20)19-13-7-9-16(21(19)22)14-24(23)2;1-15-8-3-4-9-16(15)22-14-20-18-11-6-5-10-17(18)19-12-7-13-21(23(19)20)24(22)2/h3-16H,1-2H3;5-14H,1-4H3;2*3-14H,1-2H3/q4*+1. The Hall–Kier alpha value is -12.2. The maximum absolute atomic E-state index is 2.40. The van der Waals surface area contributed by atoms with Gasteiger partial charge in [-0.15, -0.1) is 0 Å². The minimum Gasteiger partial charge on any atom is -0.200 e. The molecule has 0 unspecified atom stereocenters. The van der Waals surface area contributed by atoms with E-state index in [1.807, 2.05) is 0 Å². The van der Waals surface area contributed by atoms with Crippen LogP contribution in [0.3, 0.4) is 0 Å². The van der Waals surface area contributed by atoms with Gasteiger partial charge >= 0.3 is 0 Å². The Labute approximate surface area is 597 Å². The van der Waals surface area contributed by atoms with Crippen molar-refractivity contribution in [3.05, 3.63) is 325 Å². The lowest BCUT2D eigenvalue weighted by molar-refractivity contribution is -0.658. The second-order valence-corrected chi connectivity index (χ2v) is 28.4. The zero-order valence-electron chi connectivity index (χ0n) is 59.5. The van der Waals surface area contributed by atoms with E-state index in [0.29, 0.717) is 0 Å². The third-order valence-corrected chi connectivity index (χ3v) is 22.6. The average Bonchev–Trinajstić information content (AvgIpc) is 1.55. The molecule has 13 aromatic carbocycles. The summed E-state index contributed by atoms with van der Waals surface area (Å²) in [5.41, 5.74) is 43.8. The van der Waals surface area contributed by atoms with Gasteiger partial charge in [-0.1, -0.05) is 212 Å². The van der Waals surface area contributed by atoms with Crippen LogP contribution in [-0.2, 0) is 28.2 Å². The highest BCUT2D eigenvalue weighted by Crippen LogP contribution is 2.53. The lowest BCUT2D eigenvalue weighted by atomic mass is 9.92. The first kappa shape index (κ1) is 62.0. The molecule has 0 fully saturated rings. The Bertz CT molecular complexity index is 6440. The molecular weight excluding hydrogens is 1230 g/mol. The van der Waals surface area contributed by atoms with Crippen LogP contribution in [0.15, 0.2) is 291 Å². The van der Waals surface area contributed by atoms with Gasteiger partial charge in [0.25, 0.3) is 0 Å². The number of aryl methyl sites for hydroxylation is 9. The maximum atomic E-state index is 2.40. The Morgan fingerprint density at radius 3 is 1.19 bits per heavy atom. The molecule has 0 saturated heterocycles. The summed E-state index contributed by atoms with van der Waals surface area (Å²) in [7, 11) is 8.70. The second-order valence-electron chi connectivity index (χ2n) is 28.4. The van der Waals surface area contributed by atoms with Gasteiger partial charge in [0.1, 0.15) is 28.2 Å². The first-order valence-corrected chi connectivity index (χ1v) is 35.7. The van der Waals surface area contributed by atoms with E-state index >= 15 is 0 Å². The van der Waals surface area contributed by atoms with Crippen LogP contribution >= 0.6 is 0 Å². The van der Waals surface area contributed by atoms with Crippen molar-refractivity contribution in [2.24, 2.45) is 28.2 Å². The van der Waals surface area contributed by atoms with E-state index in [9.17, 15) is 0 Å². The highest BCUT2D eigenvalue weighted by Gasteiger charge is 2.34. The van der Waals surface area contributed by atoms with Gasteiger partial charge in [0.05, 0.1) is 21.9 Å². The van der Waals surface area contributed by atoms with Gasteiger partial charge in [-0.25, -0.2) is 0 Å². The molecule has 0 bridgehead atoms. The Morgan fingerprint density at radius 1 is 0.225 bits per heavy atom. The second kappa shape index (κ2) is 24.3. The summed E-state index contributed by atoms with van der Waals surface area (Å²) in [4.78, 5) is 0. The van der Waals surface area contributed by atoms with Gasteiger partial charge in [0.2, 0.25) is 39.3 Å². The van der Waals surface area contributed by atoms with Gasteiger partial charge in [0.15, 0.2) is 6.20 Å². The van der Waals surface area contributed by atoms with Crippen molar-refractivity contribution in [1.29, 1.82) is 0 Å². The van der Waals surface area contributed by atoms with E-state index in [2.05, 4.69) is 379 Å². The normalized spacial score (nSPS) is 11.8. The molecule has 4 nitrogen and oxygen atoms in total. The average molecular weight is 1310 g/mol. The molecule has 0 atom stereocenters. The molecule has 4 aliphatic carbocycles. The van der Waals surface area contributed by atoms with Crippen LogP contribution in [0.5, 0.6) is 0 Å². The number of pyridine rings is 4. The molecule has 102 heavy (non-hydrogen) atoms.